The highest BCUT2D eigenvalue weighted by Gasteiger charge is 2.17. The Bertz CT molecular complexity index is 543. The first-order chi connectivity index (χ1) is 9.17. The summed E-state index contributed by atoms with van der Waals surface area (Å²) >= 11 is 5.24. The maximum absolute atomic E-state index is 12.0. The van der Waals surface area contributed by atoms with Gasteiger partial charge in [0.2, 0.25) is 0 Å². The Kier molecular flexibility index (Phi) is 4.93. The first-order valence-corrected chi connectivity index (χ1v) is 7.65. The molecule has 1 heterocycles. The van der Waals surface area contributed by atoms with Gasteiger partial charge >= 0.3 is 5.69 Å². The summed E-state index contributed by atoms with van der Waals surface area (Å²) in [6.07, 6.45) is 4.14. The maximum atomic E-state index is 12.0. The van der Waals surface area contributed by atoms with Crippen molar-refractivity contribution in [2.24, 2.45) is 0 Å². The lowest BCUT2D eigenvalue weighted by molar-refractivity contribution is 0.291. The van der Waals surface area contributed by atoms with Crippen LogP contribution in [0.2, 0.25) is 0 Å². The predicted molar refractivity (Wildman–Crippen MR) is 80.3 cm³/mol. The van der Waals surface area contributed by atoms with Gasteiger partial charge in [-0.1, -0.05) is 26.1 Å². The van der Waals surface area contributed by atoms with Crippen molar-refractivity contribution in [1.82, 2.24) is 14.5 Å². The molecule has 1 aliphatic rings. The van der Waals surface area contributed by atoms with Gasteiger partial charge in [-0.05, 0) is 45.3 Å². The van der Waals surface area contributed by atoms with Crippen LogP contribution >= 0.6 is 12.2 Å². The number of fused-ring (bicyclic) bond motifs is 1. The van der Waals surface area contributed by atoms with Crippen molar-refractivity contribution < 1.29 is 0 Å². The van der Waals surface area contributed by atoms with Crippen LogP contribution in [0, 0.1) is 4.64 Å². The van der Waals surface area contributed by atoms with Crippen LogP contribution in [0.4, 0.5) is 0 Å². The molecule has 19 heavy (non-hydrogen) atoms. The zero-order valence-corrected chi connectivity index (χ0v) is 12.7. The highest BCUT2D eigenvalue weighted by molar-refractivity contribution is 7.71. The standard InChI is InChI=1S/C14H23N3OS/c1-3-16(4-2)9-6-10-17-12-8-5-7-11(12)13(19)15-14(17)18/h3-10H2,1-2H3,(H,15,18,19). The summed E-state index contributed by atoms with van der Waals surface area (Å²) in [5.74, 6) is 0. The molecule has 0 atom stereocenters. The van der Waals surface area contributed by atoms with E-state index in [-0.39, 0.29) is 5.69 Å². The molecule has 106 valence electrons. The molecule has 0 spiro atoms. The van der Waals surface area contributed by atoms with Crippen LogP contribution in [0.15, 0.2) is 4.79 Å². The second kappa shape index (κ2) is 6.48. The quantitative estimate of drug-likeness (QED) is 0.812. The summed E-state index contributed by atoms with van der Waals surface area (Å²) in [6, 6.07) is 0. The molecule has 1 N–H and O–H groups in total. The molecule has 0 radical (unpaired) electrons. The lowest BCUT2D eigenvalue weighted by Crippen LogP contribution is -2.30. The van der Waals surface area contributed by atoms with E-state index in [1.807, 2.05) is 4.57 Å². The summed E-state index contributed by atoms with van der Waals surface area (Å²) in [5.41, 5.74) is 2.33. The normalized spacial score (nSPS) is 14.1. The summed E-state index contributed by atoms with van der Waals surface area (Å²) in [5, 5.41) is 0. The van der Waals surface area contributed by atoms with Crippen LogP contribution < -0.4 is 5.69 Å². The van der Waals surface area contributed by atoms with E-state index in [4.69, 9.17) is 12.2 Å². The smallest absolute Gasteiger partial charge is 0.304 e. The van der Waals surface area contributed by atoms with Crippen molar-refractivity contribution in [1.29, 1.82) is 0 Å². The van der Waals surface area contributed by atoms with E-state index in [1.165, 1.54) is 11.3 Å². The third-order valence-corrected chi connectivity index (χ3v) is 4.35. The molecule has 0 saturated carbocycles. The van der Waals surface area contributed by atoms with Crippen molar-refractivity contribution in [2.75, 3.05) is 19.6 Å². The molecule has 2 rings (SSSR count). The fourth-order valence-corrected chi connectivity index (χ4v) is 3.17. The monoisotopic (exact) mass is 281 g/mol. The Hall–Kier alpha value is -0.940. The number of hydrogen-bond donors (Lipinski definition) is 1. The number of aromatic nitrogens is 2. The number of hydrogen-bond acceptors (Lipinski definition) is 3. The van der Waals surface area contributed by atoms with Gasteiger partial charge in [-0.3, -0.25) is 9.55 Å². The molecule has 1 aliphatic carbocycles. The van der Waals surface area contributed by atoms with E-state index < -0.39 is 0 Å². The first kappa shape index (κ1) is 14.5. The zero-order valence-electron chi connectivity index (χ0n) is 11.9. The van der Waals surface area contributed by atoms with Crippen LogP contribution in [-0.2, 0) is 19.4 Å². The van der Waals surface area contributed by atoms with Gasteiger partial charge in [0.15, 0.2) is 0 Å². The molecule has 4 nitrogen and oxygen atoms in total. The topological polar surface area (TPSA) is 41.0 Å². The van der Waals surface area contributed by atoms with E-state index in [1.54, 1.807) is 0 Å². The van der Waals surface area contributed by atoms with E-state index >= 15 is 0 Å². The van der Waals surface area contributed by atoms with Gasteiger partial charge in [-0.2, -0.15) is 0 Å². The van der Waals surface area contributed by atoms with Gasteiger partial charge in [-0.25, -0.2) is 4.79 Å². The molecule has 0 aliphatic heterocycles. The van der Waals surface area contributed by atoms with Crippen molar-refractivity contribution in [3.05, 3.63) is 26.4 Å². The van der Waals surface area contributed by atoms with Crippen LogP contribution in [0.3, 0.4) is 0 Å². The highest BCUT2D eigenvalue weighted by atomic mass is 32.1. The molecule has 0 aromatic carbocycles. The molecule has 5 heteroatoms. The largest absolute Gasteiger partial charge is 0.326 e. The first-order valence-electron chi connectivity index (χ1n) is 7.24. The Balaban J connectivity index is 2.11. The summed E-state index contributed by atoms with van der Waals surface area (Å²) in [4.78, 5) is 17.2. The predicted octanol–water partition coefficient (Wildman–Crippen LogP) is 2.13. The molecule has 1 aromatic heterocycles. The van der Waals surface area contributed by atoms with Crippen molar-refractivity contribution in [3.63, 3.8) is 0 Å². The lowest BCUT2D eigenvalue weighted by Gasteiger charge is -2.18. The van der Waals surface area contributed by atoms with Gasteiger partial charge < -0.3 is 4.90 Å². The van der Waals surface area contributed by atoms with E-state index in [9.17, 15) is 4.79 Å². The number of aromatic amines is 1. The minimum atomic E-state index is -0.0369. The molecule has 0 bridgehead atoms. The molecular formula is C14H23N3OS. The van der Waals surface area contributed by atoms with Gasteiger partial charge in [0.1, 0.15) is 4.64 Å². The van der Waals surface area contributed by atoms with Crippen molar-refractivity contribution >= 4 is 12.2 Å². The Morgan fingerprint density at radius 2 is 2.05 bits per heavy atom. The van der Waals surface area contributed by atoms with Gasteiger partial charge in [0.25, 0.3) is 0 Å². The number of H-pyrrole nitrogens is 1. The summed E-state index contributed by atoms with van der Waals surface area (Å²) < 4.78 is 2.55. The SMILES string of the molecule is CCN(CC)CCCn1c2c(c(=S)[nH]c1=O)CCC2. The average Bonchev–Trinajstić information content (AvgIpc) is 2.87. The zero-order chi connectivity index (χ0) is 13.8. The molecule has 0 amide bonds. The van der Waals surface area contributed by atoms with E-state index in [0.29, 0.717) is 4.64 Å². The number of nitrogens with one attached hydrogen (secondary N) is 1. The van der Waals surface area contributed by atoms with Gasteiger partial charge in [0, 0.05) is 17.8 Å². The number of rotatable bonds is 6. The molecule has 0 saturated heterocycles. The summed E-state index contributed by atoms with van der Waals surface area (Å²) in [7, 11) is 0. The third-order valence-electron chi connectivity index (χ3n) is 4.00. The van der Waals surface area contributed by atoms with Crippen LogP contribution in [0.1, 0.15) is 37.9 Å². The Morgan fingerprint density at radius 3 is 2.74 bits per heavy atom. The Morgan fingerprint density at radius 1 is 1.32 bits per heavy atom. The maximum Gasteiger partial charge on any atom is 0.326 e. The molecule has 0 unspecified atom stereocenters. The van der Waals surface area contributed by atoms with Crippen LogP contribution in [0.25, 0.3) is 0 Å². The van der Waals surface area contributed by atoms with Gasteiger partial charge in [-0.15, -0.1) is 0 Å². The molecule has 1 aromatic rings. The average molecular weight is 281 g/mol. The van der Waals surface area contributed by atoms with Crippen molar-refractivity contribution in [2.45, 2.75) is 46.1 Å². The number of nitrogens with zero attached hydrogens (tertiary/aromatic N) is 2. The second-order valence-corrected chi connectivity index (χ2v) is 5.48. The lowest BCUT2D eigenvalue weighted by atomic mass is 10.2. The minimum Gasteiger partial charge on any atom is -0.304 e. The fourth-order valence-electron chi connectivity index (χ4n) is 2.86. The fraction of sp³-hybridized carbons (Fsp3) is 0.714. The second-order valence-electron chi connectivity index (χ2n) is 5.07. The van der Waals surface area contributed by atoms with Crippen molar-refractivity contribution in [3.8, 4) is 0 Å². The third kappa shape index (κ3) is 3.15. The minimum absolute atomic E-state index is 0.0369. The van der Waals surface area contributed by atoms with Crippen LogP contribution in [-0.4, -0.2) is 34.1 Å². The van der Waals surface area contributed by atoms with Gasteiger partial charge in [0.05, 0.1) is 0 Å². The summed E-state index contributed by atoms with van der Waals surface area (Å²) in [6.45, 7) is 8.33. The van der Waals surface area contributed by atoms with Crippen LogP contribution in [0.5, 0.6) is 0 Å². The van der Waals surface area contributed by atoms with E-state index in [0.717, 1.165) is 51.9 Å². The molecule has 0 fully saturated rings. The Labute approximate surface area is 119 Å². The molecular weight excluding hydrogens is 258 g/mol. The highest BCUT2D eigenvalue weighted by Crippen LogP contribution is 2.20. The van der Waals surface area contributed by atoms with E-state index in [2.05, 4.69) is 23.7 Å².